The van der Waals surface area contributed by atoms with Gasteiger partial charge in [-0.2, -0.15) is 0 Å². The molecule has 1 aliphatic carbocycles. The number of ketones is 2. The Kier molecular flexibility index (Phi) is 8.54. The predicted molar refractivity (Wildman–Crippen MR) is 108 cm³/mol. The van der Waals surface area contributed by atoms with Crippen LogP contribution in [0.15, 0.2) is 30.3 Å². The Bertz CT molecular complexity index is 563. The Morgan fingerprint density at radius 3 is 2.38 bits per heavy atom. The van der Waals surface area contributed by atoms with Crippen molar-refractivity contribution < 1.29 is 9.59 Å². The highest BCUT2D eigenvalue weighted by Gasteiger charge is 2.33. The van der Waals surface area contributed by atoms with Crippen LogP contribution in [0.5, 0.6) is 0 Å². The van der Waals surface area contributed by atoms with Gasteiger partial charge in [-0.05, 0) is 37.5 Å². The van der Waals surface area contributed by atoms with Crippen molar-refractivity contribution in [1.82, 2.24) is 0 Å². The Morgan fingerprint density at radius 2 is 1.65 bits per heavy atom. The molecule has 26 heavy (non-hydrogen) atoms. The molecule has 0 aliphatic heterocycles. The zero-order valence-electron chi connectivity index (χ0n) is 16.8. The third kappa shape index (κ3) is 6.37. The van der Waals surface area contributed by atoms with E-state index in [0.717, 1.165) is 25.7 Å². The summed E-state index contributed by atoms with van der Waals surface area (Å²) in [7, 11) is 0. The molecule has 2 rings (SSSR count). The highest BCUT2D eigenvalue weighted by molar-refractivity contribution is 6.44. The standard InChI is InChI=1S/C24H36O2/c1-3-4-5-6-7-11-17-24(2)18-12-15-21(16-19-24)23(26)22(25)20-13-9-8-10-14-20/h8-10,13-14,21H,3-7,11-12,15-19H2,1-2H3. The monoisotopic (exact) mass is 356 g/mol. The van der Waals surface area contributed by atoms with Crippen molar-refractivity contribution in [1.29, 1.82) is 0 Å². The first-order valence-electron chi connectivity index (χ1n) is 10.7. The van der Waals surface area contributed by atoms with Gasteiger partial charge in [0.2, 0.25) is 11.6 Å². The lowest BCUT2D eigenvalue weighted by molar-refractivity contribution is -0.119. The molecule has 144 valence electrons. The van der Waals surface area contributed by atoms with E-state index in [4.69, 9.17) is 0 Å². The quantitative estimate of drug-likeness (QED) is 0.200. The van der Waals surface area contributed by atoms with Crippen molar-refractivity contribution in [2.45, 2.75) is 90.9 Å². The van der Waals surface area contributed by atoms with Crippen molar-refractivity contribution in [3.05, 3.63) is 35.9 Å². The molecule has 0 aromatic heterocycles. The number of benzene rings is 1. The average Bonchev–Trinajstić information content (AvgIpc) is 2.86. The van der Waals surface area contributed by atoms with Gasteiger partial charge in [-0.3, -0.25) is 9.59 Å². The summed E-state index contributed by atoms with van der Waals surface area (Å²) in [6, 6.07) is 9.02. The lowest BCUT2D eigenvalue weighted by Crippen LogP contribution is -2.24. The zero-order chi connectivity index (χ0) is 18.8. The van der Waals surface area contributed by atoms with Gasteiger partial charge in [0, 0.05) is 11.5 Å². The minimum Gasteiger partial charge on any atom is -0.290 e. The minimum atomic E-state index is -0.296. The van der Waals surface area contributed by atoms with Crippen LogP contribution in [0.1, 0.15) is 101 Å². The Morgan fingerprint density at radius 1 is 0.962 bits per heavy atom. The van der Waals surface area contributed by atoms with Crippen molar-refractivity contribution in [3.8, 4) is 0 Å². The lowest BCUT2D eigenvalue weighted by atomic mass is 9.77. The third-order valence-corrected chi connectivity index (χ3v) is 6.19. The van der Waals surface area contributed by atoms with Crippen LogP contribution < -0.4 is 0 Å². The lowest BCUT2D eigenvalue weighted by Gasteiger charge is -2.28. The van der Waals surface area contributed by atoms with Gasteiger partial charge >= 0.3 is 0 Å². The number of carbonyl (C=O) groups is 2. The molecule has 1 aromatic rings. The molecular formula is C24H36O2. The van der Waals surface area contributed by atoms with Crippen LogP contribution >= 0.6 is 0 Å². The fourth-order valence-electron chi connectivity index (χ4n) is 4.33. The van der Waals surface area contributed by atoms with Crippen molar-refractivity contribution in [3.63, 3.8) is 0 Å². The smallest absolute Gasteiger partial charge is 0.228 e. The molecule has 2 nitrogen and oxygen atoms in total. The summed E-state index contributed by atoms with van der Waals surface area (Å²) in [5, 5.41) is 0. The number of hydrogen-bond acceptors (Lipinski definition) is 2. The van der Waals surface area contributed by atoms with Crippen LogP contribution in [0.3, 0.4) is 0 Å². The summed E-state index contributed by atoms with van der Waals surface area (Å²) in [5.41, 5.74) is 0.895. The fourth-order valence-corrected chi connectivity index (χ4v) is 4.33. The van der Waals surface area contributed by atoms with E-state index in [1.165, 1.54) is 51.4 Å². The molecule has 0 bridgehead atoms. The third-order valence-electron chi connectivity index (χ3n) is 6.19. The van der Waals surface area contributed by atoms with Gasteiger partial charge in [0.25, 0.3) is 0 Å². The molecule has 2 atom stereocenters. The largest absolute Gasteiger partial charge is 0.290 e. The van der Waals surface area contributed by atoms with Gasteiger partial charge in [-0.25, -0.2) is 0 Å². The molecule has 2 heteroatoms. The molecule has 0 amide bonds. The van der Waals surface area contributed by atoms with Crippen LogP contribution in [0.4, 0.5) is 0 Å². The van der Waals surface area contributed by atoms with Gasteiger partial charge in [-0.1, -0.05) is 89.1 Å². The van der Waals surface area contributed by atoms with Crippen LogP contribution in [0.25, 0.3) is 0 Å². The molecule has 1 aliphatic rings. The number of unbranched alkanes of at least 4 members (excludes halogenated alkanes) is 5. The first kappa shape index (κ1) is 20.9. The molecule has 0 heterocycles. The number of carbonyl (C=O) groups excluding carboxylic acids is 2. The Balaban J connectivity index is 1.81. The molecule has 1 aromatic carbocycles. The highest BCUT2D eigenvalue weighted by Crippen LogP contribution is 2.41. The van der Waals surface area contributed by atoms with Crippen LogP contribution in [-0.4, -0.2) is 11.6 Å². The van der Waals surface area contributed by atoms with Gasteiger partial charge in [0.05, 0.1) is 0 Å². The maximum Gasteiger partial charge on any atom is 0.228 e. The van der Waals surface area contributed by atoms with Crippen molar-refractivity contribution in [2.75, 3.05) is 0 Å². The van der Waals surface area contributed by atoms with E-state index in [9.17, 15) is 9.59 Å². The van der Waals surface area contributed by atoms with E-state index in [1.54, 1.807) is 12.1 Å². The van der Waals surface area contributed by atoms with Crippen LogP contribution in [0, 0.1) is 11.3 Å². The van der Waals surface area contributed by atoms with Crippen molar-refractivity contribution in [2.24, 2.45) is 11.3 Å². The average molecular weight is 357 g/mol. The molecular weight excluding hydrogens is 320 g/mol. The summed E-state index contributed by atoms with van der Waals surface area (Å²) in [6.07, 6.45) is 14.4. The minimum absolute atomic E-state index is 0.0749. The molecule has 2 unspecified atom stereocenters. The van der Waals surface area contributed by atoms with Gasteiger partial charge < -0.3 is 0 Å². The van der Waals surface area contributed by atoms with Crippen molar-refractivity contribution >= 4 is 11.6 Å². The first-order valence-corrected chi connectivity index (χ1v) is 10.7. The Hall–Kier alpha value is -1.44. The SMILES string of the molecule is CCCCCCCCC1(C)CCCC(C(=O)C(=O)c2ccccc2)CC1. The van der Waals surface area contributed by atoms with E-state index in [1.807, 2.05) is 18.2 Å². The summed E-state index contributed by atoms with van der Waals surface area (Å²) < 4.78 is 0. The zero-order valence-corrected chi connectivity index (χ0v) is 16.8. The van der Waals surface area contributed by atoms with E-state index in [0.29, 0.717) is 11.0 Å². The van der Waals surface area contributed by atoms with Gasteiger partial charge in [0.15, 0.2) is 0 Å². The van der Waals surface area contributed by atoms with Crippen LogP contribution in [-0.2, 0) is 4.79 Å². The molecule has 1 fully saturated rings. The number of hydrogen-bond donors (Lipinski definition) is 0. The topological polar surface area (TPSA) is 34.1 Å². The molecule has 0 radical (unpaired) electrons. The maximum atomic E-state index is 12.7. The van der Waals surface area contributed by atoms with E-state index in [2.05, 4.69) is 13.8 Å². The summed E-state index contributed by atoms with van der Waals surface area (Å²) in [5.74, 6) is -0.538. The molecule has 1 saturated carbocycles. The summed E-state index contributed by atoms with van der Waals surface area (Å²) in [6.45, 7) is 4.65. The van der Waals surface area contributed by atoms with Crippen LogP contribution in [0.2, 0.25) is 0 Å². The maximum absolute atomic E-state index is 12.7. The first-order chi connectivity index (χ1) is 12.6. The summed E-state index contributed by atoms with van der Waals surface area (Å²) in [4.78, 5) is 25.1. The number of Topliss-reactive ketones (excluding diaryl/α,β-unsaturated/α-hetero) is 2. The summed E-state index contributed by atoms with van der Waals surface area (Å²) >= 11 is 0. The fraction of sp³-hybridized carbons (Fsp3) is 0.667. The Labute approximate surface area is 159 Å². The molecule has 0 saturated heterocycles. The second-order valence-electron chi connectivity index (χ2n) is 8.52. The van der Waals surface area contributed by atoms with E-state index in [-0.39, 0.29) is 17.5 Å². The number of rotatable bonds is 10. The van der Waals surface area contributed by atoms with E-state index >= 15 is 0 Å². The predicted octanol–water partition coefficient (Wildman–Crippen LogP) is 6.78. The normalized spacial score (nSPS) is 23.4. The van der Waals surface area contributed by atoms with Gasteiger partial charge in [0.1, 0.15) is 0 Å². The second-order valence-corrected chi connectivity index (χ2v) is 8.52. The molecule has 0 N–H and O–H groups in total. The highest BCUT2D eigenvalue weighted by atomic mass is 16.2. The second kappa shape index (κ2) is 10.6. The van der Waals surface area contributed by atoms with E-state index < -0.39 is 0 Å². The van der Waals surface area contributed by atoms with Gasteiger partial charge in [-0.15, -0.1) is 0 Å². The molecule has 0 spiro atoms.